The average Bonchev–Trinajstić information content (AvgIpc) is 2.47. The minimum absolute atomic E-state index is 0.249. The average molecular weight is 315 g/mol. The molecule has 0 spiro atoms. The molecule has 1 fully saturated rings. The maximum atomic E-state index is 12.5. The van der Waals surface area contributed by atoms with Crippen molar-refractivity contribution in [2.45, 2.75) is 13.0 Å². The first-order valence-electron chi connectivity index (χ1n) is 6.31. The summed E-state index contributed by atoms with van der Waals surface area (Å²) >= 11 is 7.43. The van der Waals surface area contributed by atoms with E-state index < -0.39 is 6.04 Å². The van der Waals surface area contributed by atoms with Crippen LogP contribution in [0.15, 0.2) is 18.2 Å². The molecule has 1 aliphatic rings. The van der Waals surface area contributed by atoms with Gasteiger partial charge >= 0.3 is 5.97 Å². The van der Waals surface area contributed by atoms with Crippen LogP contribution in [-0.2, 0) is 9.53 Å². The van der Waals surface area contributed by atoms with Crippen molar-refractivity contribution in [1.29, 1.82) is 0 Å². The van der Waals surface area contributed by atoms with E-state index >= 15 is 0 Å². The first kappa shape index (κ1) is 15.1. The monoisotopic (exact) mass is 314 g/mol. The molecule has 0 aliphatic carbocycles. The summed E-state index contributed by atoms with van der Waals surface area (Å²) in [5.74, 6) is 0.689. The Hall–Kier alpha value is -1.27. The van der Waals surface area contributed by atoms with E-state index in [0.29, 0.717) is 18.9 Å². The minimum atomic E-state index is -0.554. The Labute approximate surface area is 126 Å². The van der Waals surface area contributed by atoms with Crippen LogP contribution in [0.4, 0.5) is 0 Å². The summed E-state index contributed by atoms with van der Waals surface area (Å²) in [6, 6.07) is 4.31. The molecular weight excluding hydrogens is 300 g/mol. The predicted octanol–water partition coefficient (Wildman–Crippen LogP) is 1.86. The number of nitrogens with zero attached hydrogens (tertiary/aromatic N) is 2. The molecule has 2 heterocycles. The van der Waals surface area contributed by atoms with Gasteiger partial charge in [-0.3, -0.25) is 4.79 Å². The molecule has 2 rings (SSSR count). The number of aromatic nitrogens is 1. The van der Waals surface area contributed by atoms with Gasteiger partial charge in [-0.1, -0.05) is 17.7 Å². The zero-order chi connectivity index (χ0) is 14.5. The molecule has 0 saturated carbocycles. The predicted molar refractivity (Wildman–Crippen MR) is 78.0 cm³/mol. The van der Waals surface area contributed by atoms with Crippen molar-refractivity contribution in [3.8, 4) is 0 Å². The van der Waals surface area contributed by atoms with Crippen LogP contribution in [0, 0.1) is 0 Å². The van der Waals surface area contributed by atoms with E-state index in [1.807, 2.05) is 0 Å². The third-order valence-electron chi connectivity index (χ3n) is 2.88. The van der Waals surface area contributed by atoms with Crippen LogP contribution < -0.4 is 0 Å². The molecule has 5 nitrogen and oxygen atoms in total. The first-order valence-corrected chi connectivity index (χ1v) is 7.84. The SMILES string of the molecule is CCOC(=O)C1CSCCN1C(=O)c1cccc(Cl)n1. The van der Waals surface area contributed by atoms with E-state index in [1.165, 1.54) is 4.90 Å². The third kappa shape index (κ3) is 3.43. The highest BCUT2D eigenvalue weighted by atomic mass is 35.5. The van der Waals surface area contributed by atoms with E-state index in [1.54, 1.807) is 36.9 Å². The molecule has 0 aromatic carbocycles. The van der Waals surface area contributed by atoms with E-state index in [4.69, 9.17) is 16.3 Å². The van der Waals surface area contributed by atoms with Crippen molar-refractivity contribution in [1.82, 2.24) is 9.88 Å². The van der Waals surface area contributed by atoms with Crippen LogP contribution >= 0.6 is 23.4 Å². The summed E-state index contributed by atoms with van der Waals surface area (Å²) in [5, 5.41) is 0.259. The molecule has 1 saturated heterocycles. The van der Waals surface area contributed by atoms with E-state index in [9.17, 15) is 9.59 Å². The second-order valence-electron chi connectivity index (χ2n) is 4.19. The fraction of sp³-hybridized carbons (Fsp3) is 0.462. The lowest BCUT2D eigenvalue weighted by Gasteiger charge is -2.33. The Bertz CT molecular complexity index is 512. The lowest BCUT2D eigenvalue weighted by atomic mass is 10.2. The van der Waals surface area contributed by atoms with Crippen LogP contribution in [0.3, 0.4) is 0 Å². The summed E-state index contributed by atoms with van der Waals surface area (Å²) in [6.07, 6.45) is 0. The number of hydrogen-bond donors (Lipinski definition) is 0. The molecule has 1 amide bonds. The smallest absolute Gasteiger partial charge is 0.329 e. The van der Waals surface area contributed by atoms with Crippen LogP contribution in [-0.4, -0.2) is 52.5 Å². The Balaban J connectivity index is 2.19. The number of carbonyl (C=O) groups excluding carboxylic acids is 2. The number of halogens is 1. The zero-order valence-electron chi connectivity index (χ0n) is 11.0. The van der Waals surface area contributed by atoms with Crippen molar-refractivity contribution >= 4 is 35.2 Å². The van der Waals surface area contributed by atoms with Gasteiger partial charge < -0.3 is 9.64 Å². The number of pyridine rings is 1. The topological polar surface area (TPSA) is 59.5 Å². The molecule has 7 heteroatoms. The largest absolute Gasteiger partial charge is 0.464 e. The molecule has 108 valence electrons. The summed E-state index contributed by atoms with van der Waals surface area (Å²) in [7, 11) is 0. The van der Waals surface area contributed by atoms with Gasteiger partial charge in [0.2, 0.25) is 0 Å². The van der Waals surface area contributed by atoms with Gasteiger partial charge in [-0.25, -0.2) is 9.78 Å². The summed E-state index contributed by atoms with van der Waals surface area (Å²) in [4.78, 5) is 29.9. The van der Waals surface area contributed by atoms with Gasteiger partial charge in [-0.05, 0) is 19.1 Å². The molecule has 1 unspecified atom stereocenters. The highest BCUT2D eigenvalue weighted by Crippen LogP contribution is 2.20. The lowest BCUT2D eigenvalue weighted by molar-refractivity contribution is -0.147. The van der Waals surface area contributed by atoms with Crippen molar-refractivity contribution in [3.05, 3.63) is 29.0 Å². The summed E-state index contributed by atoms with van der Waals surface area (Å²) in [6.45, 7) is 2.55. The number of amides is 1. The zero-order valence-corrected chi connectivity index (χ0v) is 12.6. The molecule has 1 aliphatic heterocycles. The maximum absolute atomic E-state index is 12.5. The molecule has 1 aromatic heterocycles. The second-order valence-corrected chi connectivity index (χ2v) is 5.72. The van der Waals surface area contributed by atoms with Crippen LogP contribution in [0.2, 0.25) is 5.15 Å². The van der Waals surface area contributed by atoms with Crippen LogP contribution in [0.25, 0.3) is 0 Å². The molecule has 1 aromatic rings. The maximum Gasteiger partial charge on any atom is 0.329 e. The number of thioether (sulfide) groups is 1. The van der Waals surface area contributed by atoms with Crippen molar-refractivity contribution in [3.63, 3.8) is 0 Å². The van der Waals surface area contributed by atoms with Gasteiger partial charge in [0.25, 0.3) is 5.91 Å². The number of esters is 1. The van der Waals surface area contributed by atoms with Gasteiger partial charge in [0.05, 0.1) is 6.61 Å². The Morgan fingerprint density at radius 2 is 2.35 bits per heavy atom. The van der Waals surface area contributed by atoms with Gasteiger partial charge in [-0.15, -0.1) is 0 Å². The fourth-order valence-electron chi connectivity index (χ4n) is 1.95. The van der Waals surface area contributed by atoms with Gasteiger partial charge in [-0.2, -0.15) is 11.8 Å². The standard InChI is InChI=1S/C13H15ClN2O3S/c1-2-19-13(18)10-8-20-7-6-16(10)12(17)9-4-3-5-11(14)15-9/h3-5,10H,2,6-8H2,1H3. The fourth-order valence-corrected chi connectivity index (χ4v) is 3.15. The van der Waals surface area contributed by atoms with Gasteiger partial charge in [0.15, 0.2) is 0 Å². The molecular formula is C13H15ClN2O3S. The van der Waals surface area contributed by atoms with Gasteiger partial charge in [0, 0.05) is 18.1 Å². The van der Waals surface area contributed by atoms with Crippen molar-refractivity contribution in [2.24, 2.45) is 0 Å². The minimum Gasteiger partial charge on any atom is -0.464 e. The first-order chi connectivity index (χ1) is 9.63. The van der Waals surface area contributed by atoms with Crippen LogP contribution in [0.1, 0.15) is 17.4 Å². The van der Waals surface area contributed by atoms with Crippen LogP contribution in [0.5, 0.6) is 0 Å². The Morgan fingerprint density at radius 3 is 3.05 bits per heavy atom. The summed E-state index contributed by atoms with van der Waals surface area (Å²) < 4.78 is 5.03. The molecule has 1 atom stereocenters. The summed E-state index contributed by atoms with van der Waals surface area (Å²) in [5.41, 5.74) is 0.249. The number of hydrogen-bond acceptors (Lipinski definition) is 5. The second kappa shape index (κ2) is 6.95. The van der Waals surface area contributed by atoms with E-state index in [-0.39, 0.29) is 22.7 Å². The van der Waals surface area contributed by atoms with E-state index in [2.05, 4.69) is 4.98 Å². The highest BCUT2D eigenvalue weighted by molar-refractivity contribution is 7.99. The molecule has 20 heavy (non-hydrogen) atoms. The quantitative estimate of drug-likeness (QED) is 0.629. The van der Waals surface area contributed by atoms with Crippen molar-refractivity contribution < 1.29 is 14.3 Å². The van der Waals surface area contributed by atoms with Crippen molar-refractivity contribution in [2.75, 3.05) is 24.7 Å². The molecule has 0 N–H and O–H groups in total. The molecule has 0 radical (unpaired) electrons. The van der Waals surface area contributed by atoms with Gasteiger partial charge in [0.1, 0.15) is 16.9 Å². The number of rotatable bonds is 3. The normalized spacial score (nSPS) is 18.7. The van der Waals surface area contributed by atoms with E-state index in [0.717, 1.165) is 5.75 Å². The molecule has 0 bridgehead atoms. The lowest BCUT2D eigenvalue weighted by Crippen LogP contribution is -2.51. The Morgan fingerprint density at radius 1 is 1.55 bits per heavy atom. The number of carbonyl (C=O) groups is 2. The highest BCUT2D eigenvalue weighted by Gasteiger charge is 2.34. The third-order valence-corrected chi connectivity index (χ3v) is 4.12. The number of ether oxygens (including phenoxy) is 1. The Kier molecular flexibility index (Phi) is 5.25.